The molecule has 1 heterocycles. The number of H-pyrrole nitrogens is 1. The number of aromatic nitrogens is 1. The molecule has 3 rings (SSSR count). The average molecular weight is 364 g/mol. The van der Waals surface area contributed by atoms with Crippen LogP contribution in [0, 0.1) is 0 Å². The first-order valence-electron chi connectivity index (χ1n) is 9.17. The van der Waals surface area contributed by atoms with Gasteiger partial charge in [0.05, 0.1) is 19.2 Å². The third-order valence-electron chi connectivity index (χ3n) is 4.60. The predicted octanol–water partition coefficient (Wildman–Crippen LogP) is 3.98. The lowest BCUT2D eigenvalue weighted by molar-refractivity contribution is 0.0737. The summed E-state index contributed by atoms with van der Waals surface area (Å²) in [6.07, 6.45) is 1.83. The van der Waals surface area contributed by atoms with Crippen LogP contribution in [0.15, 0.2) is 59.4 Å². The van der Waals surface area contributed by atoms with Crippen LogP contribution in [-0.2, 0) is 6.54 Å². The van der Waals surface area contributed by atoms with Crippen molar-refractivity contribution >= 4 is 16.8 Å². The molecule has 1 N–H and O–H groups in total. The number of fused-ring (bicyclic) bond motifs is 1. The maximum absolute atomic E-state index is 13.1. The summed E-state index contributed by atoms with van der Waals surface area (Å²) in [6, 6.07) is 16.7. The number of hydrogen-bond acceptors (Lipinski definition) is 3. The first kappa shape index (κ1) is 18.7. The van der Waals surface area contributed by atoms with Crippen molar-refractivity contribution < 1.29 is 9.53 Å². The lowest BCUT2D eigenvalue weighted by atomic mass is 10.1. The SMILES string of the molecule is CCCCN(Cc1cc2ccccc2[nH]c1=O)C(=O)c1ccccc1OC. The van der Waals surface area contributed by atoms with E-state index in [0.29, 0.717) is 23.4 Å². The van der Waals surface area contributed by atoms with Crippen molar-refractivity contribution in [1.82, 2.24) is 9.88 Å². The van der Waals surface area contributed by atoms with Crippen LogP contribution in [0.4, 0.5) is 0 Å². The number of carbonyl (C=O) groups excluding carboxylic acids is 1. The predicted molar refractivity (Wildman–Crippen MR) is 107 cm³/mol. The third kappa shape index (κ3) is 4.19. The summed E-state index contributed by atoms with van der Waals surface area (Å²) in [5.74, 6) is 0.407. The van der Waals surface area contributed by atoms with Crippen LogP contribution >= 0.6 is 0 Å². The summed E-state index contributed by atoms with van der Waals surface area (Å²) in [5.41, 5.74) is 1.71. The van der Waals surface area contributed by atoms with Gasteiger partial charge in [-0.25, -0.2) is 0 Å². The minimum Gasteiger partial charge on any atom is -0.496 e. The van der Waals surface area contributed by atoms with E-state index in [0.717, 1.165) is 23.7 Å². The van der Waals surface area contributed by atoms with E-state index in [1.807, 2.05) is 42.5 Å². The fourth-order valence-electron chi connectivity index (χ4n) is 3.11. The van der Waals surface area contributed by atoms with E-state index in [4.69, 9.17) is 4.74 Å². The summed E-state index contributed by atoms with van der Waals surface area (Å²) in [5, 5.41) is 0.951. The van der Waals surface area contributed by atoms with Crippen LogP contribution in [0.2, 0.25) is 0 Å². The maximum atomic E-state index is 13.1. The number of nitrogens with one attached hydrogen (secondary N) is 1. The van der Waals surface area contributed by atoms with Gasteiger partial charge >= 0.3 is 0 Å². The van der Waals surface area contributed by atoms with Crippen molar-refractivity contribution in [2.24, 2.45) is 0 Å². The van der Waals surface area contributed by atoms with Crippen molar-refractivity contribution in [1.29, 1.82) is 0 Å². The molecule has 0 unspecified atom stereocenters. The molecule has 1 aromatic heterocycles. The van der Waals surface area contributed by atoms with E-state index >= 15 is 0 Å². The molecule has 5 heteroatoms. The van der Waals surface area contributed by atoms with Crippen molar-refractivity contribution in [3.8, 4) is 5.75 Å². The Morgan fingerprint density at radius 1 is 1.11 bits per heavy atom. The Bertz CT molecular complexity index is 994. The Kier molecular flexibility index (Phi) is 5.91. The van der Waals surface area contributed by atoms with Gasteiger partial charge in [0.25, 0.3) is 11.5 Å². The fourth-order valence-corrected chi connectivity index (χ4v) is 3.11. The molecule has 5 nitrogen and oxygen atoms in total. The molecule has 0 aliphatic carbocycles. The Morgan fingerprint density at radius 3 is 2.63 bits per heavy atom. The first-order chi connectivity index (χ1) is 13.1. The smallest absolute Gasteiger partial charge is 0.257 e. The molecule has 0 fully saturated rings. The molecule has 3 aromatic rings. The zero-order chi connectivity index (χ0) is 19.2. The number of rotatable bonds is 7. The van der Waals surface area contributed by atoms with Crippen molar-refractivity contribution in [3.63, 3.8) is 0 Å². The number of hydrogen-bond donors (Lipinski definition) is 1. The van der Waals surface area contributed by atoms with Gasteiger partial charge in [-0.15, -0.1) is 0 Å². The number of aromatic amines is 1. The van der Waals surface area contributed by atoms with Gasteiger partial charge in [-0.1, -0.05) is 43.7 Å². The molecule has 0 spiro atoms. The minimum absolute atomic E-state index is 0.131. The van der Waals surface area contributed by atoms with E-state index in [2.05, 4.69) is 11.9 Å². The Hall–Kier alpha value is -3.08. The number of carbonyl (C=O) groups is 1. The summed E-state index contributed by atoms with van der Waals surface area (Å²) in [4.78, 5) is 30.3. The van der Waals surface area contributed by atoms with E-state index in [-0.39, 0.29) is 18.0 Å². The maximum Gasteiger partial charge on any atom is 0.257 e. The lowest BCUT2D eigenvalue weighted by Gasteiger charge is -2.23. The van der Waals surface area contributed by atoms with Gasteiger partial charge in [-0.3, -0.25) is 9.59 Å². The minimum atomic E-state index is -0.164. The molecule has 0 atom stereocenters. The molecule has 0 aliphatic heterocycles. The molecule has 0 bridgehead atoms. The number of benzene rings is 2. The third-order valence-corrected chi connectivity index (χ3v) is 4.60. The highest BCUT2D eigenvalue weighted by Crippen LogP contribution is 2.21. The van der Waals surface area contributed by atoms with Gasteiger partial charge in [0.1, 0.15) is 5.75 Å². The molecule has 0 aliphatic rings. The van der Waals surface area contributed by atoms with Gasteiger partial charge in [0.15, 0.2) is 0 Å². The molecule has 0 saturated heterocycles. The van der Waals surface area contributed by atoms with E-state index < -0.39 is 0 Å². The molecule has 140 valence electrons. The summed E-state index contributed by atoms with van der Waals surface area (Å²) >= 11 is 0. The fraction of sp³-hybridized carbons (Fsp3) is 0.273. The number of nitrogens with zero attached hydrogens (tertiary/aromatic N) is 1. The van der Waals surface area contributed by atoms with Gasteiger partial charge in [-0.2, -0.15) is 0 Å². The van der Waals surface area contributed by atoms with Crippen molar-refractivity contribution in [2.45, 2.75) is 26.3 Å². The van der Waals surface area contributed by atoms with Crippen LogP contribution in [0.25, 0.3) is 10.9 Å². The highest BCUT2D eigenvalue weighted by molar-refractivity contribution is 5.97. The quantitative estimate of drug-likeness (QED) is 0.690. The summed E-state index contributed by atoms with van der Waals surface area (Å²) < 4.78 is 5.34. The Morgan fingerprint density at radius 2 is 1.85 bits per heavy atom. The number of ether oxygens (including phenoxy) is 1. The number of amides is 1. The van der Waals surface area contributed by atoms with Crippen LogP contribution in [0.1, 0.15) is 35.7 Å². The largest absolute Gasteiger partial charge is 0.496 e. The van der Waals surface area contributed by atoms with E-state index in [1.54, 1.807) is 24.1 Å². The molecule has 1 amide bonds. The summed E-state index contributed by atoms with van der Waals surface area (Å²) in [6.45, 7) is 2.92. The second kappa shape index (κ2) is 8.54. The number of methoxy groups -OCH3 is 1. The molecular weight excluding hydrogens is 340 g/mol. The van der Waals surface area contributed by atoms with Crippen LogP contribution in [-0.4, -0.2) is 29.4 Å². The number of para-hydroxylation sites is 2. The van der Waals surface area contributed by atoms with Crippen LogP contribution < -0.4 is 10.3 Å². The zero-order valence-corrected chi connectivity index (χ0v) is 15.7. The topological polar surface area (TPSA) is 62.4 Å². The van der Waals surface area contributed by atoms with Gasteiger partial charge in [0.2, 0.25) is 0 Å². The number of pyridine rings is 1. The van der Waals surface area contributed by atoms with E-state index in [1.165, 1.54) is 0 Å². The second-order valence-electron chi connectivity index (χ2n) is 6.49. The van der Waals surface area contributed by atoms with Crippen molar-refractivity contribution in [2.75, 3.05) is 13.7 Å². The molecule has 0 radical (unpaired) electrons. The Labute approximate surface area is 158 Å². The normalized spacial score (nSPS) is 10.7. The molecule has 0 saturated carbocycles. The van der Waals surface area contributed by atoms with Gasteiger partial charge in [0, 0.05) is 17.6 Å². The van der Waals surface area contributed by atoms with Gasteiger partial charge < -0.3 is 14.6 Å². The highest BCUT2D eigenvalue weighted by atomic mass is 16.5. The van der Waals surface area contributed by atoms with Crippen LogP contribution in [0.3, 0.4) is 0 Å². The lowest BCUT2D eigenvalue weighted by Crippen LogP contribution is -2.34. The first-order valence-corrected chi connectivity index (χ1v) is 9.17. The average Bonchev–Trinajstić information content (AvgIpc) is 2.70. The van der Waals surface area contributed by atoms with Gasteiger partial charge in [-0.05, 0) is 36.1 Å². The Balaban J connectivity index is 1.94. The zero-order valence-electron chi connectivity index (χ0n) is 15.7. The molecule has 2 aromatic carbocycles. The second-order valence-corrected chi connectivity index (χ2v) is 6.49. The van der Waals surface area contributed by atoms with Crippen molar-refractivity contribution in [3.05, 3.63) is 76.1 Å². The highest BCUT2D eigenvalue weighted by Gasteiger charge is 2.20. The van der Waals surface area contributed by atoms with E-state index in [9.17, 15) is 9.59 Å². The monoisotopic (exact) mass is 364 g/mol. The molecular formula is C22H24N2O3. The molecule has 27 heavy (non-hydrogen) atoms. The summed E-state index contributed by atoms with van der Waals surface area (Å²) in [7, 11) is 1.55. The number of unbranched alkanes of at least 4 members (excludes halogenated alkanes) is 1. The standard InChI is InChI=1S/C22H24N2O3/c1-3-4-13-24(22(26)18-10-6-8-12-20(18)27-2)15-17-14-16-9-5-7-11-19(16)23-21(17)25/h5-12,14H,3-4,13,15H2,1-2H3,(H,23,25). The van der Waals surface area contributed by atoms with Crippen LogP contribution in [0.5, 0.6) is 5.75 Å².